The Kier molecular flexibility index (Phi) is 4.68. The van der Waals surface area contributed by atoms with Crippen LogP contribution in [0.4, 0.5) is 0 Å². The van der Waals surface area contributed by atoms with Crippen LogP contribution in [0.1, 0.15) is 28.7 Å². The molecular formula is C13H16N2O2S2. The van der Waals surface area contributed by atoms with Crippen LogP contribution in [0, 0.1) is 6.92 Å². The maximum Gasteiger partial charge on any atom is 0.263 e. The Hall–Kier alpha value is -1.24. The quantitative estimate of drug-likeness (QED) is 0.891. The Balaban J connectivity index is 2.10. The molecule has 19 heavy (non-hydrogen) atoms. The minimum atomic E-state index is -0.492. The van der Waals surface area contributed by atoms with E-state index in [1.54, 1.807) is 11.3 Å². The van der Waals surface area contributed by atoms with Crippen molar-refractivity contribution in [1.29, 1.82) is 0 Å². The van der Waals surface area contributed by atoms with Gasteiger partial charge in [0.15, 0.2) is 0 Å². The lowest BCUT2D eigenvalue weighted by atomic mass is 10.3. The normalized spacial score (nSPS) is 12.4. The first-order valence-corrected chi connectivity index (χ1v) is 7.79. The number of rotatable bonds is 5. The van der Waals surface area contributed by atoms with Crippen molar-refractivity contribution in [2.75, 3.05) is 6.54 Å². The van der Waals surface area contributed by atoms with Gasteiger partial charge in [0.2, 0.25) is 0 Å². The summed E-state index contributed by atoms with van der Waals surface area (Å²) in [7, 11) is 0. The summed E-state index contributed by atoms with van der Waals surface area (Å²) < 4.78 is 0. The van der Waals surface area contributed by atoms with E-state index in [9.17, 15) is 9.90 Å². The van der Waals surface area contributed by atoms with Gasteiger partial charge in [-0.15, -0.1) is 22.7 Å². The molecule has 1 unspecified atom stereocenters. The summed E-state index contributed by atoms with van der Waals surface area (Å²) in [6, 6.07) is 3.96. The zero-order valence-corrected chi connectivity index (χ0v) is 12.5. The minimum Gasteiger partial charge on any atom is -0.391 e. The fourth-order valence-corrected chi connectivity index (χ4v) is 3.33. The van der Waals surface area contributed by atoms with E-state index in [2.05, 4.69) is 10.3 Å². The number of aliphatic hydroxyl groups is 1. The molecule has 0 radical (unpaired) electrons. The van der Waals surface area contributed by atoms with Crippen LogP contribution in [-0.4, -0.2) is 28.6 Å². The fourth-order valence-electron chi connectivity index (χ4n) is 1.55. The molecule has 102 valence electrons. The van der Waals surface area contributed by atoms with E-state index >= 15 is 0 Å². The number of thiophene rings is 1. The number of aromatic nitrogens is 1. The highest BCUT2D eigenvalue weighted by Gasteiger charge is 2.17. The van der Waals surface area contributed by atoms with E-state index < -0.39 is 6.10 Å². The summed E-state index contributed by atoms with van der Waals surface area (Å²) in [5, 5.41) is 15.0. The third-order valence-electron chi connectivity index (χ3n) is 2.70. The standard InChI is InChI=1S/C13H16N2O2S2/c1-3-9(16)7-14-12(17)11-8(2)15-13(19-11)10-5-4-6-18-10/h4-6,9,16H,3,7H2,1-2H3,(H,14,17). The van der Waals surface area contributed by atoms with Crippen molar-refractivity contribution in [2.24, 2.45) is 0 Å². The number of carbonyl (C=O) groups excluding carboxylic acids is 1. The van der Waals surface area contributed by atoms with Crippen molar-refractivity contribution in [2.45, 2.75) is 26.4 Å². The van der Waals surface area contributed by atoms with E-state index in [0.717, 1.165) is 15.6 Å². The summed E-state index contributed by atoms with van der Waals surface area (Å²) in [5.41, 5.74) is 0.733. The van der Waals surface area contributed by atoms with Gasteiger partial charge in [-0.05, 0) is 24.8 Å². The molecule has 1 amide bonds. The number of aliphatic hydroxyl groups excluding tert-OH is 1. The number of aryl methyl sites for hydroxylation is 1. The lowest BCUT2D eigenvalue weighted by molar-refractivity contribution is 0.0917. The summed E-state index contributed by atoms with van der Waals surface area (Å²) in [4.78, 5) is 18.1. The van der Waals surface area contributed by atoms with Gasteiger partial charge in [0.1, 0.15) is 9.88 Å². The van der Waals surface area contributed by atoms with E-state index in [4.69, 9.17) is 0 Å². The smallest absolute Gasteiger partial charge is 0.263 e. The second-order valence-corrected chi connectivity index (χ2v) is 6.13. The first-order chi connectivity index (χ1) is 9.11. The first kappa shape index (κ1) is 14.2. The van der Waals surface area contributed by atoms with Crippen LogP contribution in [-0.2, 0) is 0 Å². The maximum absolute atomic E-state index is 12.0. The van der Waals surface area contributed by atoms with E-state index in [1.165, 1.54) is 11.3 Å². The number of hydrogen-bond acceptors (Lipinski definition) is 5. The average molecular weight is 296 g/mol. The van der Waals surface area contributed by atoms with Gasteiger partial charge in [-0.2, -0.15) is 0 Å². The van der Waals surface area contributed by atoms with Crippen LogP contribution in [0.5, 0.6) is 0 Å². The van der Waals surface area contributed by atoms with Gasteiger partial charge in [-0.1, -0.05) is 13.0 Å². The van der Waals surface area contributed by atoms with Crippen molar-refractivity contribution < 1.29 is 9.90 Å². The lowest BCUT2D eigenvalue weighted by Gasteiger charge is -2.08. The summed E-state index contributed by atoms with van der Waals surface area (Å²) in [5.74, 6) is -0.162. The maximum atomic E-state index is 12.0. The number of carbonyl (C=O) groups is 1. The molecule has 0 spiro atoms. The van der Waals surface area contributed by atoms with Gasteiger partial charge in [-0.3, -0.25) is 4.79 Å². The molecule has 1 atom stereocenters. The molecule has 0 fully saturated rings. The molecule has 0 saturated heterocycles. The first-order valence-electron chi connectivity index (χ1n) is 6.09. The third kappa shape index (κ3) is 3.40. The van der Waals surface area contributed by atoms with Crippen molar-refractivity contribution in [3.8, 4) is 9.88 Å². The van der Waals surface area contributed by atoms with Crippen LogP contribution in [0.2, 0.25) is 0 Å². The number of thiazole rings is 1. The molecule has 0 aliphatic heterocycles. The monoisotopic (exact) mass is 296 g/mol. The minimum absolute atomic E-state index is 0.162. The van der Waals surface area contributed by atoms with Crippen molar-refractivity contribution >= 4 is 28.6 Å². The zero-order chi connectivity index (χ0) is 13.8. The summed E-state index contributed by atoms with van der Waals surface area (Å²) in [6.45, 7) is 3.99. The molecule has 0 aromatic carbocycles. The molecule has 2 N–H and O–H groups in total. The van der Waals surface area contributed by atoms with Crippen LogP contribution in [0.25, 0.3) is 9.88 Å². The topological polar surface area (TPSA) is 62.2 Å². The molecule has 0 aliphatic rings. The zero-order valence-electron chi connectivity index (χ0n) is 10.8. The van der Waals surface area contributed by atoms with Crippen LogP contribution >= 0.6 is 22.7 Å². The van der Waals surface area contributed by atoms with Gasteiger partial charge in [-0.25, -0.2) is 4.98 Å². The van der Waals surface area contributed by atoms with Gasteiger partial charge in [0, 0.05) is 6.54 Å². The highest BCUT2D eigenvalue weighted by Crippen LogP contribution is 2.30. The van der Waals surface area contributed by atoms with Gasteiger partial charge in [0.25, 0.3) is 5.91 Å². The third-order valence-corrected chi connectivity index (χ3v) is 4.90. The lowest BCUT2D eigenvalue weighted by Crippen LogP contribution is -2.31. The average Bonchev–Trinajstić information content (AvgIpc) is 3.04. The van der Waals surface area contributed by atoms with E-state index in [0.29, 0.717) is 11.3 Å². The van der Waals surface area contributed by atoms with Crippen LogP contribution < -0.4 is 5.32 Å². The highest BCUT2D eigenvalue weighted by molar-refractivity contribution is 7.22. The molecule has 0 aliphatic carbocycles. The Labute approximate surface area is 120 Å². The Morgan fingerprint density at radius 2 is 2.37 bits per heavy atom. The predicted octanol–water partition coefficient (Wildman–Crippen LogP) is 2.68. The van der Waals surface area contributed by atoms with E-state index in [1.807, 2.05) is 31.4 Å². The van der Waals surface area contributed by atoms with Crippen molar-refractivity contribution in [3.63, 3.8) is 0 Å². The van der Waals surface area contributed by atoms with Crippen LogP contribution in [0.15, 0.2) is 17.5 Å². The molecule has 0 saturated carbocycles. The fraction of sp³-hybridized carbons (Fsp3) is 0.385. The summed E-state index contributed by atoms with van der Waals surface area (Å²) >= 11 is 3.00. The number of hydrogen-bond donors (Lipinski definition) is 2. The van der Waals surface area contributed by atoms with Crippen molar-refractivity contribution in [1.82, 2.24) is 10.3 Å². The molecule has 4 nitrogen and oxygen atoms in total. The van der Waals surface area contributed by atoms with Gasteiger partial charge < -0.3 is 10.4 Å². The molecule has 0 bridgehead atoms. The predicted molar refractivity (Wildman–Crippen MR) is 78.8 cm³/mol. The molecule has 2 aromatic rings. The Bertz CT molecular complexity index is 549. The molecule has 2 rings (SSSR count). The molecular weight excluding hydrogens is 280 g/mol. The number of nitrogens with one attached hydrogen (secondary N) is 1. The molecule has 2 heterocycles. The van der Waals surface area contributed by atoms with Gasteiger partial charge in [0.05, 0.1) is 16.7 Å². The summed E-state index contributed by atoms with van der Waals surface area (Å²) in [6.07, 6.45) is 0.136. The molecule has 2 aromatic heterocycles. The van der Waals surface area contributed by atoms with E-state index in [-0.39, 0.29) is 12.5 Å². The number of nitrogens with zero attached hydrogens (tertiary/aromatic N) is 1. The molecule has 6 heteroatoms. The highest BCUT2D eigenvalue weighted by atomic mass is 32.1. The largest absolute Gasteiger partial charge is 0.391 e. The second kappa shape index (κ2) is 6.27. The van der Waals surface area contributed by atoms with Gasteiger partial charge >= 0.3 is 0 Å². The SMILES string of the molecule is CCC(O)CNC(=O)c1sc(-c2cccs2)nc1C. The Morgan fingerprint density at radius 1 is 1.58 bits per heavy atom. The Morgan fingerprint density at radius 3 is 3.00 bits per heavy atom. The van der Waals surface area contributed by atoms with Crippen LogP contribution in [0.3, 0.4) is 0 Å². The number of amides is 1. The van der Waals surface area contributed by atoms with Crippen molar-refractivity contribution in [3.05, 3.63) is 28.1 Å². The second-order valence-electron chi connectivity index (χ2n) is 4.18.